The lowest BCUT2D eigenvalue weighted by Crippen LogP contribution is -2.16. The van der Waals surface area contributed by atoms with Crippen LogP contribution < -0.4 is 10.1 Å². The molecule has 3 heterocycles. The molecule has 1 aliphatic carbocycles. The fraction of sp³-hybridized carbons (Fsp3) is 0.240. The molecule has 33 heavy (non-hydrogen) atoms. The number of nitrogens with one attached hydrogen (secondary N) is 1. The summed E-state index contributed by atoms with van der Waals surface area (Å²) in [5.41, 5.74) is 4.70. The van der Waals surface area contributed by atoms with Crippen LogP contribution in [-0.4, -0.2) is 31.6 Å². The van der Waals surface area contributed by atoms with Gasteiger partial charge >= 0.3 is 0 Å². The Hall–Kier alpha value is -3.94. The number of rotatable bonds is 4. The summed E-state index contributed by atoms with van der Waals surface area (Å²) >= 11 is 0. The van der Waals surface area contributed by atoms with E-state index < -0.39 is 11.7 Å². The molecule has 1 fully saturated rings. The Labute approximate surface area is 189 Å². The minimum atomic E-state index is -0.572. The quantitative estimate of drug-likeness (QED) is 0.496. The van der Waals surface area contributed by atoms with Gasteiger partial charge in [0.1, 0.15) is 12.4 Å². The molecule has 0 atom stereocenters. The first-order valence-corrected chi connectivity index (χ1v) is 11.0. The van der Waals surface area contributed by atoms with Gasteiger partial charge in [0.25, 0.3) is 5.91 Å². The van der Waals surface area contributed by atoms with Gasteiger partial charge in [-0.1, -0.05) is 6.07 Å². The third kappa shape index (κ3) is 3.47. The predicted octanol–water partition coefficient (Wildman–Crippen LogP) is 4.71. The van der Waals surface area contributed by atoms with Crippen molar-refractivity contribution in [1.29, 1.82) is 0 Å². The van der Waals surface area contributed by atoms with Crippen molar-refractivity contribution in [2.45, 2.75) is 32.2 Å². The number of carbonyl (C=O) groups excluding carboxylic acids is 1. The molecule has 8 heteroatoms. The second-order valence-electron chi connectivity index (χ2n) is 8.56. The smallest absolute Gasteiger partial charge is 0.258 e. The van der Waals surface area contributed by atoms with Gasteiger partial charge in [-0.2, -0.15) is 0 Å². The van der Waals surface area contributed by atoms with Crippen molar-refractivity contribution in [2.75, 3.05) is 11.9 Å². The molecule has 2 aromatic carbocycles. The third-order valence-corrected chi connectivity index (χ3v) is 6.24. The number of aryl methyl sites for hydroxylation is 1. The van der Waals surface area contributed by atoms with E-state index in [9.17, 15) is 9.18 Å². The Kier molecular flexibility index (Phi) is 4.53. The van der Waals surface area contributed by atoms with Crippen LogP contribution in [0, 0.1) is 12.7 Å². The monoisotopic (exact) mass is 443 g/mol. The van der Waals surface area contributed by atoms with Crippen LogP contribution in [0.3, 0.4) is 0 Å². The van der Waals surface area contributed by atoms with Gasteiger partial charge in [0.15, 0.2) is 5.75 Å². The number of halogens is 1. The number of ether oxygens (including phenoxy) is 1. The standard InChI is InChI=1S/C25H22FN5O2/c1-15-9-19(26)18(10-22(15)31-12-21(28-14-31)16-5-6-16)25(32)29-20-4-2-3-17-23-11-27-13-30(23)7-8-33-24(17)20/h2-4,9-14,16H,5-8H2,1H3,(H,29,32). The van der Waals surface area contributed by atoms with Crippen LogP contribution in [0.5, 0.6) is 5.75 Å². The largest absolute Gasteiger partial charge is 0.489 e. The van der Waals surface area contributed by atoms with E-state index in [0.29, 0.717) is 30.5 Å². The van der Waals surface area contributed by atoms with Crippen LogP contribution in [0.1, 0.15) is 40.4 Å². The number of aromatic nitrogens is 4. The Morgan fingerprint density at radius 2 is 2.12 bits per heavy atom. The average Bonchev–Trinajstić information content (AvgIpc) is 3.41. The van der Waals surface area contributed by atoms with E-state index in [2.05, 4.69) is 15.3 Å². The SMILES string of the molecule is Cc1cc(F)c(C(=O)Nc2cccc3c2OCCn2cncc2-3)cc1-n1cnc(C2CC2)c1. The zero-order valence-corrected chi connectivity index (χ0v) is 18.1. The van der Waals surface area contributed by atoms with Gasteiger partial charge in [0.05, 0.1) is 53.7 Å². The van der Waals surface area contributed by atoms with Crippen molar-refractivity contribution in [3.8, 4) is 22.7 Å². The summed E-state index contributed by atoms with van der Waals surface area (Å²) in [6.07, 6.45) is 9.52. The summed E-state index contributed by atoms with van der Waals surface area (Å²) in [6, 6.07) is 8.48. The highest BCUT2D eigenvalue weighted by molar-refractivity contribution is 6.06. The first-order valence-electron chi connectivity index (χ1n) is 11.0. The van der Waals surface area contributed by atoms with E-state index in [1.54, 1.807) is 31.0 Å². The first-order chi connectivity index (χ1) is 16.1. The molecular weight excluding hydrogens is 421 g/mol. The highest BCUT2D eigenvalue weighted by atomic mass is 19.1. The average molecular weight is 443 g/mol. The van der Waals surface area contributed by atoms with Crippen LogP contribution in [0.2, 0.25) is 0 Å². The molecule has 1 N–H and O–H groups in total. The Morgan fingerprint density at radius 1 is 1.24 bits per heavy atom. The molecule has 1 aliphatic heterocycles. The fourth-order valence-corrected chi connectivity index (χ4v) is 4.32. The van der Waals surface area contributed by atoms with Crippen molar-refractivity contribution < 1.29 is 13.9 Å². The van der Waals surface area contributed by atoms with E-state index in [1.165, 1.54) is 6.07 Å². The van der Waals surface area contributed by atoms with Gasteiger partial charge in [-0.05, 0) is 49.6 Å². The zero-order valence-electron chi connectivity index (χ0n) is 18.1. The summed E-state index contributed by atoms with van der Waals surface area (Å²) in [6.45, 7) is 2.92. The van der Waals surface area contributed by atoms with E-state index in [0.717, 1.165) is 41.0 Å². The lowest BCUT2D eigenvalue weighted by atomic mass is 10.1. The van der Waals surface area contributed by atoms with Crippen LogP contribution >= 0.6 is 0 Å². The second kappa shape index (κ2) is 7.58. The van der Waals surface area contributed by atoms with Gasteiger partial charge in [-0.3, -0.25) is 4.79 Å². The maximum Gasteiger partial charge on any atom is 0.258 e. The highest BCUT2D eigenvalue weighted by Gasteiger charge is 2.26. The maximum absolute atomic E-state index is 14.9. The number of fused-ring (bicyclic) bond motifs is 3. The topological polar surface area (TPSA) is 74.0 Å². The van der Waals surface area contributed by atoms with Crippen LogP contribution in [0.25, 0.3) is 16.9 Å². The van der Waals surface area contributed by atoms with Crippen LogP contribution in [0.15, 0.2) is 55.4 Å². The van der Waals surface area contributed by atoms with E-state index in [4.69, 9.17) is 4.74 Å². The summed E-state index contributed by atoms with van der Waals surface area (Å²) < 4.78 is 24.7. The van der Waals surface area contributed by atoms with Gasteiger partial charge < -0.3 is 19.2 Å². The molecule has 166 valence electrons. The predicted molar refractivity (Wildman–Crippen MR) is 121 cm³/mol. The van der Waals surface area contributed by atoms with E-state index in [1.807, 2.05) is 34.4 Å². The number of hydrogen-bond donors (Lipinski definition) is 1. The van der Waals surface area contributed by atoms with Crippen molar-refractivity contribution >= 4 is 11.6 Å². The number of benzene rings is 2. The van der Waals surface area contributed by atoms with E-state index >= 15 is 0 Å². The first kappa shape index (κ1) is 19.7. The molecule has 1 amide bonds. The van der Waals surface area contributed by atoms with Crippen LogP contribution in [-0.2, 0) is 6.54 Å². The number of hydrogen-bond acceptors (Lipinski definition) is 4. The molecular formula is C25H22FN5O2. The van der Waals surface area contributed by atoms with E-state index in [-0.39, 0.29) is 5.56 Å². The molecule has 4 aromatic rings. The molecule has 2 aliphatic rings. The third-order valence-electron chi connectivity index (χ3n) is 6.24. The lowest BCUT2D eigenvalue weighted by molar-refractivity contribution is 0.102. The maximum atomic E-state index is 14.9. The van der Waals surface area contributed by atoms with Crippen molar-refractivity contribution in [3.05, 3.63) is 78.0 Å². The second-order valence-corrected chi connectivity index (χ2v) is 8.56. The summed E-state index contributed by atoms with van der Waals surface area (Å²) in [5.74, 6) is -0.0377. The van der Waals surface area contributed by atoms with Crippen molar-refractivity contribution in [3.63, 3.8) is 0 Å². The summed E-state index contributed by atoms with van der Waals surface area (Å²) in [4.78, 5) is 21.9. The summed E-state index contributed by atoms with van der Waals surface area (Å²) in [5, 5.41) is 2.85. The number of carbonyl (C=O) groups is 1. The number of nitrogens with zero attached hydrogens (tertiary/aromatic N) is 4. The molecule has 2 aromatic heterocycles. The Balaban J connectivity index is 1.34. The molecule has 0 saturated heterocycles. The van der Waals surface area contributed by atoms with Crippen LogP contribution in [0.4, 0.5) is 10.1 Å². The number of imidazole rings is 2. The molecule has 0 bridgehead atoms. The van der Waals surface area contributed by atoms with Crippen molar-refractivity contribution in [2.24, 2.45) is 0 Å². The minimum absolute atomic E-state index is 0.0338. The van der Waals surface area contributed by atoms with Gasteiger partial charge in [-0.25, -0.2) is 14.4 Å². The Bertz CT molecular complexity index is 1390. The zero-order chi connectivity index (χ0) is 22.5. The van der Waals surface area contributed by atoms with Crippen molar-refractivity contribution in [1.82, 2.24) is 19.1 Å². The molecule has 7 nitrogen and oxygen atoms in total. The van der Waals surface area contributed by atoms with Gasteiger partial charge in [-0.15, -0.1) is 0 Å². The Morgan fingerprint density at radius 3 is 2.97 bits per heavy atom. The van der Waals surface area contributed by atoms with Gasteiger partial charge in [0.2, 0.25) is 0 Å². The molecule has 6 rings (SSSR count). The fourth-order valence-electron chi connectivity index (χ4n) is 4.32. The molecule has 0 spiro atoms. The normalized spacial score (nSPS) is 14.7. The molecule has 1 saturated carbocycles. The number of anilines is 1. The van der Waals surface area contributed by atoms with Gasteiger partial charge in [0, 0.05) is 17.7 Å². The molecule has 0 unspecified atom stereocenters. The summed E-state index contributed by atoms with van der Waals surface area (Å²) in [7, 11) is 0. The minimum Gasteiger partial charge on any atom is -0.489 e. The molecule has 0 radical (unpaired) electrons. The number of para-hydroxylation sites is 1. The lowest BCUT2D eigenvalue weighted by Gasteiger charge is -2.15. The number of amides is 1. The highest BCUT2D eigenvalue weighted by Crippen LogP contribution is 2.40.